The van der Waals surface area contributed by atoms with Crippen molar-refractivity contribution in [2.75, 3.05) is 6.54 Å². The predicted octanol–water partition coefficient (Wildman–Crippen LogP) is 1.67. The first kappa shape index (κ1) is 11.8. The Kier molecular flexibility index (Phi) is 2.96. The summed E-state index contributed by atoms with van der Waals surface area (Å²) in [5, 5.41) is 0. The number of aromatic nitrogens is 1. The Labute approximate surface area is 101 Å². The van der Waals surface area contributed by atoms with Crippen LogP contribution >= 0.6 is 0 Å². The van der Waals surface area contributed by atoms with Crippen LogP contribution in [0.25, 0.3) is 0 Å². The Balaban J connectivity index is 2.23. The van der Waals surface area contributed by atoms with Crippen LogP contribution in [0.1, 0.15) is 37.0 Å². The van der Waals surface area contributed by atoms with Crippen molar-refractivity contribution in [3.8, 4) is 0 Å². The van der Waals surface area contributed by atoms with Gasteiger partial charge in [-0.3, -0.25) is 14.6 Å². The maximum Gasteiger partial charge on any atom is 0.254 e. The van der Waals surface area contributed by atoms with Crippen molar-refractivity contribution in [3.05, 3.63) is 30.1 Å². The zero-order valence-electron chi connectivity index (χ0n) is 10.1. The highest BCUT2D eigenvalue weighted by Gasteiger charge is 2.37. The largest absolute Gasteiger partial charge is 0.333 e. The summed E-state index contributed by atoms with van der Waals surface area (Å²) in [6, 6.07) is 3.41. The molecule has 0 atom stereocenters. The maximum atomic E-state index is 12.3. The fourth-order valence-corrected chi connectivity index (χ4v) is 2.23. The van der Waals surface area contributed by atoms with E-state index in [0.717, 1.165) is 0 Å². The fourth-order valence-electron chi connectivity index (χ4n) is 2.23. The highest BCUT2D eigenvalue weighted by molar-refractivity contribution is 5.96. The highest BCUT2D eigenvalue weighted by Crippen LogP contribution is 2.26. The summed E-state index contributed by atoms with van der Waals surface area (Å²) in [6.45, 7) is 4.37. The van der Waals surface area contributed by atoms with Crippen LogP contribution in [0, 0.1) is 0 Å². The molecule has 0 aliphatic carbocycles. The fraction of sp³-hybridized carbons (Fsp3) is 0.462. The van der Waals surface area contributed by atoms with Crippen LogP contribution in [0.5, 0.6) is 0 Å². The average Bonchev–Trinajstić information content (AvgIpc) is 2.28. The van der Waals surface area contributed by atoms with Crippen LogP contribution in [0.2, 0.25) is 0 Å². The molecule has 4 nitrogen and oxygen atoms in total. The minimum Gasteiger partial charge on any atom is -0.333 e. The van der Waals surface area contributed by atoms with Gasteiger partial charge < -0.3 is 4.90 Å². The van der Waals surface area contributed by atoms with Gasteiger partial charge >= 0.3 is 0 Å². The molecule has 1 aromatic rings. The normalized spacial score (nSPS) is 19.2. The Morgan fingerprint density at radius 3 is 2.59 bits per heavy atom. The molecule has 0 N–H and O–H groups in total. The number of nitrogens with zero attached hydrogens (tertiary/aromatic N) is 2. The van der Waals surface area contributed by atoms with Crippen molar-refractivity contribution in [3.63, 3.8) is 0 Å². The minimum absolute atomic E-state index is 0.0232. The second-order valence-electron chi connectivity index (χ2n) is 4.97. The summed E-state index contributed by atoms with van der Waals surface area (Å²) in [5.41, 5.74) is 0.234. The number of rotatable bonds is 1. The number of likely N-dealkylation sites (tertiary alicyclic amines) is 1. The molecule has 0 aromatic carbocycles. The van der Waals surface area contributed by atoms with E-state index in [2.05, 4.69) is 4.98 Å². The molecule has 0 saturated carbocycles. The standard InChI is InChI=1S/C13H16N2O2/c1-13(2)9-11(16)5-8-15(13)12(17)10-3-6-14-7-4-10/h3-4,6-7H,5,8-9H2,1-2H3. The first-order valence-electron chi connectivity index (χ1n) is 5.74. The molecule has 0 bridgehead atoms. The molecule has 1 saturated heterocycles. The van der Waals surface area contributed by atoms with Crippen LogP contribution in [-0.4, -0.2) is 33.7 Å². The molecule has 4 heteroatoms. The van der Waals surface area contributed by atoms with Gasteiger partial charge in [-0.05, 0) is 26.0 Å². The molecular formula is C13H16N2O2. The Morgan fingerprint density at radius 1 is 1.35 bits per heavy atom. The summed E-state index contributed by atoms with van der Waals surface area (Å²) >= 11 is 0. The van der Waals surface area contributed by atoms with Gasteiger partial charge in [0.25, 0.3) is 5.91 Å². The number of carbonyl (C=O) groups excluding carboxylic acids is 2. The first-order valence-corrected chi connectivity index (χ1v) is 5.74. The average molecular weight is 232 g/mol. The summed E-state index contributed by atoms with van der Waals surface area (Å²) in [6.07, 6.45) is 4.11. The molecule has 0 spiro atoms. The SMILES string of the molecule is CC1(C)CC(=O)CCN1C(=O)c1ccncc1. The third-order valence-corrected chi connectivity index (χ3v) is 3.15. The van der Waals surface area contributed by atoms with Crippen LogP contribution in [0.15, 0.2) is 24.5 Å². The molecule has 2 heterocycles. The number of piperidine rings is 1. The number of hydrogen-bond acceptors (Lipinski definition) is 3. The molecule has 1 fully saturated rings. The summed E-state index contributed by atoms with van der Waals surface area (Å²) in [7, 11) is 0. The summed E-state index contributed by atoms with van der Waals surface area (Å²) < 4.78 is 0. The molecule has 1 aromatic heterocycles. The second-order valence-corrected chi connectivity index (χ2v) is 4.97. The van der Waals surface area contributed by atoms with Gasteiger partial charge in [0.2, 0.25) is 0 Å². The quantitative estimate of drug-likeness (QED) is 0.740. The van der Waals surface area contributed by atoms with Gasteiger partial charge in [-0.15, -0.1) is 0 Å². The monoisotopic (exact) mass is 232 g/mol. The molecule has 0 radical (unpaired) electrons. The lowest BCUT2D eigenvalue weighted by atomic mass is 9.89. The van der Waals surface area contributed by atoms with Crippen molar-refractivity contribution in [1.29, 1.82) is 0 Å². The molecular weight excluding hydrogens is 216 g/mol. The smallest absolute Gasteiger partial charge is 0.254 e. The number of carbonyl (C=O) groups is 2. The summed E-state index contributed by atoms with van der Waals surface area (Å²) in [4.78, 5) is 29.4. The topological polar surface area (TPSA) is 50.3 Å². The number of amides is 1. The van der Waals surface area contributed by atoms with Crippen LogP contribution in [0.4, 0.5) is 0 Å². The van der Waals surface area contributed by atoms with Gasteiger partial charge in [-0.2, -0.15) is 0 Å². The first-order chi connectivity index (χ1) is 8.00. The minimum atomic E-state index is -0.393. The van der Waals surface area contributed by atoms with Crippen molar-refractivity contribution in [2.24, 2.45) is 0 Å². The van der Waals surface area contributed by atoms with Crippen LogP contribution in [-0.2, 0) is 4.79 Å². The van der Waals surface area contributed by atoms with Gasteiger partial charge in [0.15, 0.2) is 0 Å². The third-order valence-electron chi connectivity index (χ3n) is 3.15. The van der Waals surface area contributed by atoms with Gasteiger partial charge in [-0.1, -0.05) is 0 Å². The van der Waals surface area contributed by atoms with E-state index in [9.17, 15) is 9.59 Å². The summed E-state index contributed by atoms with van der Waals surface area (Å²) in [5.74, 6) is 0.207. The van der Waals surface area contributed by atoms with Crippen LogP contribution in [0.3, 0.4) is 0 Å². The van der Waals surface area contributed by atoms with Crippen molar-refractivity contribution < 1.29 is 9.59 Å². The predicted molar refractivity (Wildman–Crippen MR) is 63.6 cm³/mol. The van der Waals surface area contributed by atoms with E-state index < -0.39 is 5.54 Å². The highest BCUT2D eigenvalue weighted by atomic mass is 16.2. The molecule has 1 aliphatic heterocycles. The zero-order chi connectivity index (χ0) is 12.5. The molecule has 0 unspecified atom stereocenters. The Hall–Kier alpha value is -1.71. The van der Waals surface area contributed by atoms with E-state index in [1.165, 1.54) is 0 Å². The number of ketones is 1. The van der Waals surface area contributed by atoms with Gasteiger partial charge in [0, 0.05) is 42.9 Å². The third kappa shape index (κ3) is 2.35. The molecule has 1 amide bonds. The van der Waals surface area contributed by atoms with Crippen molar-refractivity contribution in [1.82, 2.24) is 9.88 Å². The number of hydrogen-bond donors (Lipinski definition) is 0. The molecule has 17 heavy (non-hydrogen) atoms. The van der Waals surface area contributed by atoms with E-state index in [1.54, 1.807) is 29.4 Å². The van der Waals surface area contributed by atoms with Gasteiger partial charge in [0.05, 0.1) is 0 Å². The van der Waals surface area contributed by atoms with Crippen molar-refractivity contribution >= 4 is 11.7 Å². The van der Waals surface area contributed by atoms with Gasteiger partial charge in [0.1, 0.15) is 5.78 Å². The van der Waals surface area contributed by atoms with Crippen LogP contribution < -0.4 is 0 Å². The lowest BCUT2D eigenvalue weighted by Crippen LogP contribution is -2.53. The maximum absolute atomic E-state index is 12.3. The molecule has 2 rings (SSSR count). The van der Waals surface area contributed by atoms with E-state index >= 15 is 0 Å². The zero-order valence-corrected chi connectivity index (χ0v) is 10.1. The lowest BCUT2D eigenvalue weighted by molar-refractivity contribution is -0.124. The number of Topliss-reactive ketones (excluding diaryl/α,β-unsaturated/α-hetero) is 1. The second kappa shape index (κ2) is 4.28. The van der Waals surface area contributed by atoms with E-state index in [-0.39, 0.29) is 11.7 Å². The van der Waals surface area contributed by atoms with E-state index in [4.69, 9.17) is 0 Å². The Bertz CT molecular complexity index is 440. The molecule has 90 valence electrons. The van der Waals surface area contributed by atoms with E-state index in [0.29, 0.717) is 24.9 Å². The van der Waals surface area contributed by atoms with Gasteiger partial charge in [-0.25, -0.2) is 0 Å². The van der Waals surface area contributed by atoms with E-state index in [1.807, 2.05) is 13.8 Å². The molecule has 1 aliphatic rings. The lowest BCUT2D eigenvalue weighted by Gasteiger charge is -2.41. The Morgan fingerprint density at radius 2 is 2.00 bits per heavy atom. The van der Waals surface area contributed by atoms with Crippen molar-refractivity contribution in [2.45, 2.75) is 32.2 Å². The number of pyridine rings is 1.